The molecule has 0 aromatic heterocycles. The third-order valence-electron chi connectivity index (χ3n) is 4.66. The first-order chi connectivity index (χ1) is 14.9. The fraction of sp³-hybridized carbons (Fsp3) is 0.167. The van der Waals surface area contributed by atoms with Crippen LogP contribution in [0.15, 0.2) is 72.8 Å². The highest BCUT2D eigenvalue weighted by Gasteiger charge is 2.12. The number of halogens is 1. The monoisotopic (exact) mass is 422 g/mol. The third kappa shape index (κ3) is 6.65. The molecule has 6 nitrogen and oxygen atoms in total. The van der Waals surface area contributed by atoms with E-state index >= 15 is 0 Å². The highest BCUT2D eigenvalue weighted by atomic mass is 19.1. The molecule has 0 spiro atoms. The average Bonchev–Trinajstić information content (AvgIpc) is 2.76. The SMILES string of the molecule is COc1ccc(NC(=O)c2ccc(NC(=O)C[NH+](C)Cc3ccc(F)cc3)cc2)cc1. The lowest BCUT2D eigenvalue weighted by molar-refractivity contribution is -0.885. The number of quaternary nitrogens is 1. The van der Waals surface area contributed by atoms with Gasteiger partial charge in [0, 0.05) is 22.5 Å². The van der Waals surface area contributed by atoms with E-state index in [1.807, 2.05) is 7.05 Å². The van der Waals surface area contributed by atoms with Crippen LogP contribution in [0, 0.1) is 5.82 Å². The van der Waals surface area contributed by atoms with E-state index in [0.717, 1.165) is 10.5 Å². The Labute approximate surface area is 180 Å². The van der Waals surface area contributed by atoms with Crippen LogP contribution in [0.25, 0.3) is 0 Å². The number of likely N-dealkylation sites (N-methyl/N-ethyl adjacent to an activating group) is 1. The molecule has 7 heteroatoms. The van der Waals surface area contributed by atoms with Gasteiger partial charge in [-0.05, 0) is 60.7 Å². The van der Waals surface area contributed by atoms with E-state index in [9.17, 15) is 14.0 Å². The molecular formula is C24H25FN3O3+. The maximum absolute atomic E-state index is 13.0. The smallest absolute Gasteiger partial charge is 0.279 e. The Morgan fingerprint density at radius 2 is 1.45 bits per heavy atom. The minimum Gasteiger partial charge on any atom is -0.497 e. The van der Waals surface area contributed by atoms with Gasteiger partial charge in [0.05, 0.1) is 14.2 Å². The number of nitrogens with one attached hydrogen (secondary N) is 3. The number of hydrogen-bond donors (Lipinski definition) is 3. The van der Waals surface area contributed by atoms with Gasteiger partial charge in [-0.3, -0.25) is 9.59 Å². The van der Waals surface area contributed by atoms with Crippen molar-refractivity contribution < 1.29 is 23.6 Å². The van der Waals surface area contributed by atoms with Crippen molar-refractivity contribution >= 4 is 23.2 Å². The van der Waals surface area contributed by atoms with E-state index in [4.69, 9.17) is 4.74 Å². The van der Waals surface area contributed by atoms with E-state index in [0.29, 0.717) is 29.2 Å². The number of rotatable bonds is 8. The summed E-state index contributed by atoms with van der Waals surface area (Å²) in [5, 5.41) is 5.64. The Hall–Kier alpha value is -3.71. The van der Waals surface area contributed by atoms with Gasteiger partial charge in [-0.1, -0.05) is 12.1 Å². The maximum atomic E-state index is 13.0. The molecule has 3 N–H and O–H groups in total. The molecule has 1 unspecified atom stereocenters. The molecular weight excluding hydrogens is 397 g/mol. The molecule has 3 aromatic rings. The molecule has 0 bridgehead atoms. The lowest BCUT2D eigenvalue weighted by Gasteiger charge is -2.14. The molecule has 3 rings (SSSR count). The molecule has 0 radical (unpaired) electrons. The van der Waals surface area contributed by atoms with Gasteiger partial charge in [0.15, 0.2) is 6.54 Å². The molecule has 160 valence electrons. The Bertz CT molecular complexity index is 1020. The summed E-state index contributed by atoms with van der Waals surface area (Å²) in [5.41, 5.74) is 2.71. The van der Waals surface area contributed by atoms with E-state index in [1.165, 1.54) is 12.1 Å². The Morgan fingerprint density at radius 3 is 2.06 bits per heavy atom. The molecule has 0 saturated heterocycles. The molecule has 3 aromatic carbocycles. The van der Waals surface area contributed by atoms with Crippen LogP contribution in [0.5, 0.6) is 5.75 Å². The summed E-state index contributed by atoms with van der Waals surface area (Å²) < 4.78 is 18.1. The lowest BCUT2D eigenvalue weighted by Crippen LogP contribution is -3.08. The Balaban J connectivity index is 1.50. The number of anilines is 2. The van der Waals surface area contributed by atoms with Gasteiger partial charge in [-0.15, -0.1) is 0 Å². The standard InChI is InChI=1S/C24H24FN3O3/c1-28(15-17-3-7-19(25)8-4-17)16-23(29)26-20-9-5-18(6-10-20)24(30)27-21-11-13-22(31-2)14-12-21/h3-14H,15-16H2,1-2H3,(H,26,29)(H,27,30)/p+1. The Morgan fingerprint density at radius 1 is 0.871 bits per heavy atom. The van der Waals surface area contributed by atoms with Gasteiger partial charge in [0.25, 0.3) is 11.8 Å². The number of ether oxygens (including phenoxy) is 1. The number of amides is 2. The van der Waals surface area contributed by atoms with E-state index in [-0.39, 0.29) is 24.2 Å². The molecule has 0 saturated carbocycles. The minimum absolute atomic E-state index is 0.143. The van der Waals surface area contributed by atoms with Gasteiger partial charge in [0.1, 0.15) is 18.1 Å². The quantitative estimate of drug-likeness (QED) is 0.523. The topological polar surface area (TPSA) is 71.9 Å². The highest BCUT2D eigenvalue weighted by molar-refractivity contribution is 6.04. The zero-order chi connectivity index (χ0) is 22.2. The number of hydrogen-bond acceptors (Lipinski definition) is 3. The van der Waals surface area contributed by atoms with Gasteiger partial charge in [-0.2, -0.15) is 0 Å². The van der Waals surface area contributed by atoms with Crippen LogP contribution in [-0.4, -0.2) is 32.5 Å². The van der Waals surface area contributed by atoms with Crippen molar-refractivity contribution in [3.05, 3.63) is 89.7 Å². The summed E-state index contributed by atoms with van der Waals surface area (Å²) in [6, 6.07) is 20.0. The zero-order valence-corrected chi connectivity index (χ0v) is 17.4. The lowest BCUT2D eigenvalue weighted by atomic mass is 10.2. The van der Waals surface area contributed by atoms with Crippen LogP contribution in [0.3, 0.4) is 0 Å². The molecule has 1 atom stereocenters. The summed E-state index contributed by atoms with van der Waals surface area (Å²) in [4.78, 5) is 25.7. The number of methoxy groups -OCH3 is 1. The van der Waals surface area contributed by atoms with E-state index in [2.05, 4.69) is 10.6 Å². The first-order valence-electron chi connectivity index (χ1n) is 9.84. The van der Waals surface area contributed by atoms with Gasteiger partial charge in [0.2, 0.25) is 0 Å². The normalized spacial score (nSPS) is 11.5. The summed E-state index contributed by atoms with van der Waals surface area (Å²) in [6.07, 6.45) is 0. The molecule has 0 aliphatic carbocycles. The second kappa shape index (κ2) is 10.4. The van der Waals surface area contributed by atoms with Crippen LogP contribution >= 0.6 is 0 Å². The van der Waals surface area contributed by atoms with E-state index < -0.39 is 0 Å². The van der Waals surface area contributed by atoms with Crippen molar-refractivity contribution in [3.63, 3.8) is 0 Å². The van der Waals surface area contributed by atoms with Crippen LogP contribution in [0.1, 0.15) is 15.9 Å². The predicted octanol–water partition coefficient (Wildman–Crippen LogP) is 2.74. The van der Waals surface area contributed by atoms with E-state index in [1.54, 1.807) is 67.8 Å². The summed E-state index contributed by atoms with van der Waals surface area (Å²) in [7, 11) is 3.48. The van der Waals surface area contributed by atoms with Crippen LogP contribution in [-0.2, 0) is 11.3 Å². The fourth-order valence-corrected chi connectivity index (χ4v) is 3.08. The second-order valence-electron chi connectivity index (χ2n) is 7.25. The summed E-state index contributed by atoms with van der Waals surface area (Å²) >= 11 is 0. The van der Waals surface area contributed by atoms with Crippen LogP contribution < -0.4 is 20.3 Å². The first kappa shape index (κ1) is 22.0. The first-order valence-corrected chi connectivity index (χ1v) is 9.84. The average molecular weight is 422 g/mol. The van der Waals surface area contributed by atoms with Crippen molar-refractivity contribution in [2.24, 2.45) is 0 Å². The van der Waals surface area contributed by atoms with Crippen LogP contribution in [0.2, 0.25) is 0 Å². The molecule has 0 heterocycles. The molecule has 0 aliphatic rings. The largest absolute Gasteiger partial charge is 0.497 e. The van der Waals surface area contributed by atoms with Crippen molar-refractivity contribution in [2.45, 2.75) is 6.54 Å². The summed E-state index contributed by atoms with van der Waals surface area (Å²) in [5.74, 6) is 0.0464. The maximum Gasteiger partial charge on any atom is 0.279 e. The fourth-order valence-electron chi connectivity index (χ4n) is 3.08. The third-order valence-corrected chi connectivity index (χ3v) is 4.66. The molecule has 0 aliphatic heterocycles. The Kier molecular flexibility index (Phi) is 7.35. The van der Waals surface area contributed by atoms with Gasteiger partial charge in [-0.25, -0.2) is 4.39 Å². The minimum atomic E-state index is -0.278. The molecule has 31 heavy (non-hydrogen) atoms. The van der Waals surface area contributed by atoms with Crippen molar-refractivity contribution in [1.82, 2.24) is 0 Å². The van der Waals surface area contributed by atoms with Crippen LogP contribution in [0.4, 0.5) is 15.8 Å². The van der Waals surface area contributed by atoms with Crippen molar-refractivity contribution in [3.8, 4) is 5.75 Å². The predicted molar refractivity (Wildman–Crippen MR) is 118 cm³/mol. The van der Waals surface area contributed by atoms with Gasteiger partial charge >= 0.3 is 0 Å². The number of carbonyl (C=O) groups is 2. The van der Waals surface area contributed by atoms with Crippen molar-refractivity contribution in [2.75, 3.05) is 31.3 Å². The highest BCUT2D eigenvalue weighted by Crippen LogP contribution is 2.16. The summed E-state index contributed by atoms with van der Waals surface area (Å²) in [6.45, 7) is 0.870. The second-order valence-corrected chi connectivity index (χ2v) is 7.25. The zero-order valence-electron chi connectivity index (χ0n) is 17.4. The number of carbonyl (C=O) groups excluding carboxylic acids is 2. The molecule has 0 fully saturated rings. The van der Waals surface area contributed by atoms with Crippen molar-refractivity contribution in [1.29, 1.82) is 0 Å². The molecule has 2 amide bonds. The number of benzene rings is 3. The van der Waals surface area contributed by atoms with Gasteiger partial charge < -0.3 is 20.3 Å².